The van der Waals surface area contributed by atoms with Gasteiger partial charge < -0.3 is 14.8 Å². The van der Waals surface area contributed by atoms with Crippen LogP contribution in [0.3, 0.4) is 0 Å². The van der Waals surface area contributed by atoms with Gasteiger partial charge in [-0.25, -0.2) is 0 Å². The molecule has 0 spiro atoms. The van der Waals surface area contributed by atoms with Crippen LogP contribution >= 0.6 is 15.9 Å². The fourth-order valence-electron chi connectivity index (χ4n) is 2.39. The maximum atomic E-state index is 13.2. The molecule has 2 aromatic rings. The topological polar surface area (TPSA) is 30.5 Å². The van der Waals surface area contributed by atoms with E-state index in [9.17, 15) is 17.6 Å². The van der Waals surface area contributed by atoms with Crippen molar-refractivity contribution >= 4 is 21.6 Å². The molecule has 3 rings (SSSR count). The molecule has 1 aliphatic rings. The van der Waals surface area contributed by atoms with Crippen molar-refractivity contribution in [1.82, 2.24) is 0 Å². The van der Waals surface area contributed by atoms with Gasteiger partial charge in [0.25, 0.3) is 0 Å². The number of para-hydroxylation sites is 2. The van der Waals surface area contributed by atoms with Gasteiger partial charge >= 0.3 is 12.5 Å². The fourth-order valence-corrected chi connectivity index (χ4v) is 2.87. The summed E-state index contributed by atoms with van der Waals surface area (Å²) in [6, 6.07) is 10.6. The highest BCUT2D eigenvalue weighted by atomic mass is 79.9. The second-order valence-corrected chi connectivity index (χ2v) is 5.98. The highest BCUT2D eigenvalue weighted by Gasteiger charge is 2.44. The van der Waals surface area contributed by atoms with E-state index in [4.69, 9.17) is 4.74 Å². The van der Waals surface area contributed by atoms with Crippen LogP contribution in [0.15, 0.2) is 46.9 Å². The van der Waals surface area contributed by atoms with Crippen LogP contribution in [0.1, 0.15) is 11.6 Å². The number of halogens is 5. The smallest absolute Gasteiger partial charge is 0.461 e. The minimum absolute atomic E-state index is 0.135. The summed E-state index contributed by atoms with van der Waals surface area (Å²) in [7, 11) is 0. The van der Waals surface area contributed by atoms with E-state index in [2.05, 4.69) is 26.0 Å². The van der Waals surface area contributed by atoms with Gasteiger partial charge in [-0.05, 0) is 34.1 Å². The van der Waals surface area contributed by atoms with Crippen molar-refractivity contribution in [2.24, 2.45) is 0 Å². The summed E-state index contributed by atoms with van der Waals surface area (Å²) in [4.78, 5) is 0. The third kappa shape index (κ3) is 3.28. The Labute approximate surface area is 143 Å². The normalized spacial score (nSPS) is 17.0. The maximum absolute atomic E-state index is 13.2. The lowest BCUT2D eigenvalue weighted by Crippen LogP contribution is -2.34. The van der Waals surface area contributed by atoms with Crippen LogP contribution < -0.4 is 14.8 Å². The second kappa shape index (κ2) is 6.51. The number of rotatable bonds is 4. The van der Waals surface area contributed by atoms with Gasteiger partial charge in [0.15, 0.2) is 5.75 Å². The average molecular weight is 406 g/mol. The molecule has 0 aromatic heterocycles. The summed E-state index contributed by atoms with van der Waals surface area (Å²) in [5, 5.41) is 3.14. The third-order valence-corrected chi connectivity index (χ3v) is 4.11. The quantitative estimate of drug-likeness (QED) is 0.706. The highest BCUT2D eigenvalue weighted by molar-refractivity contribution is 9.10. The molecule has 0 aliphatic carbocycles. The number of nitrogens with one attached hydrogen (secondary N) is 1. The average Bonchev–Trinajstić information content (AvgIpc) is 2.55. The molecule has 2 aromatic carbocycles. The van der Waals surface area contributed by atoms with Gasteiger partial charge in [-0.2, -0.15) is 17.6 Å². The fraction of sp³-hybridized carbons (Fsp3) is 0.250. The van der Waals surface area contributed by atoms with Crippen LogP contribution in [0.4, 0.5) is 23.2 Å². The molecular weight excluding hydrogens is 394 g/mol. The molecule has 3 nitrogen and oxygen atoms in total. The molecule has 1 unspecified atom stereocenters. The minimum atomic E-state index is -4.56. The highest BCUT2D eigenvalue weighted by Crippen LogP contribution is 2.41. The molecule has 0 saturated heterocycles. The van der Waals surface area contributed by atoms with Crippen molar-refractivity contribution in [2.45, 2.75) is 18.6 Å². The largest absolute Gasteiger partial charge is 0.488 e. The summed E-state index contributed by atoms with van der Waals surface area (Å²) < 4.78 is 61.9. The lowest BCUT2D eigenvalue weighted by molar-refractivity contribution is -0.253. The summed E-state index contributed by atoms with van der Waals surface area (Å²) in [5.41, 5.74) is 0.972. The molecule has 8 heteroatoms. The molecule has 0 radical (unpaired) electrons. The van der Waals surface area contributed by atoms with Crippen molar-refractivity contribution in [3.63, 3.8) is 0 Å². The van der Waals surface area contributed by atoms with Crippen LogP contribution in [0.2, 0.25) is 0 Å². The summed E-state index contributed by atoms with van der Waals surface area (Å²) in [5.74, 6) is 0.285. The van der Waals surface area contributed by atoms with Crippen molar-refractivity contribution in [3.05, 3.63) is 52.5 Å². The van der Waals surface area contributed by atoms with E-state index in [1.807, 2.05) is 0 Å². The van der Waals surface area contributed by atoms with Crippen molar-refractivity contribution in [2.75, 3.05) is 11.9 Å². The van der Waals surface area contributed by atoms with Gasteiger partial charge in [0.2, 0.25) is 0 Å². The van der Waals surface area contributed by atoms with Crippen LogP contribution in [-0.2, 0) is 0 Å². The van der Waals surface area contributed by atoms with Gasteiger partial charge in [0, 0.05) is 5.56 Å². The second-order valence-electron chi connectivity index (χ2n) is 5.13. The lowest BCUT2D eigenvalue weighted by atomic mass is 10.0. The van der Waals surface area contributed by atoms with Gasteiger partial charge in [-0.3, -0.25) is 0 Å². The van der Waals surface area contributed by atoms with E-state index >= 15 is 0 Å². The first kappa shape index (κ1) is 16.9. The molecule has 128 valence electrons. The number of fused-ring (bicyclic) bond motifs is 1. The monoisotopic (exact) mass is 405 g/mol. The number of anilines is 1. The molecule has 24 heavy (non-hydrogen) atoms. The van der Waals surface area contributed by atoms with Crippen molar-refractivity contribution in [1.29, 1.82) is 0 Å². The Morgan fingerprint density at radius 3 is 2.67 bits per heavy atom. The molecule has 1 heterocycles. The van der Waals surface area contributed by atoms with Gasteiger partial charge in [-0.15, -0.1) is 0 Å². The van der Waals surface area contributed by atoms with Gasteiger partial charge in [0.05, 0.1) is 16.2 Å². The molecule has 1 aliphatic heterocycles. The number of ether oxygens (including phenoxy) is 2. The summed E-state index contributed by atoms with van der Waals surface area (Å²) >= 11 is 3.36. The first-order valence-corrected chi connectivity index (χ1v) is 7.79. The first-order valence-electron chi connectivity index (χ1n) is 7.00. The van der Waals surface area contributed by atoms with Crippen molar-refractivity contribution < 1.29 is 27.0 Å². The molecule has 0 fully saturated rings. The maximum Gasteiger partial charge on any atom is 0.461 e. The van der Waals surface area contributed by atoms with E-state index in [1.54, 1.807) is 24.3 Å². The number of alkyl halides is 4. The Bertz CT molecular complexity index is 742. The predicted octanol–water partition coefficient (Wildman–Crippen LogP) is 5.23. The Balaban J connectivity index is 1.89. The van der Waals surface area contributed by atoms with Crippen molar-refractivity contribution in [3.8, 4) is 11.5 Å². The van der Waals surface area contributed by atoms with E-state index in [-0.39, 0.29) is 12.4 Å². The first-order chi connectivity index (χ1) is 11.4. The Morgan fingerprint density at radius 1 is 1.17 bits per heavy atom. The molecule has 1 N–H and O–H groups in total. The van der Waals surface area contributed by atoms with Gasteiger partial charge in [-0.1, -0.05) is 24.3 Å². The number of benzene rings is 2. The third-order valence-electron chi connectivity index (χ3n) is 3.49. The zero-order valence-corrected chi connectivity index (χ0v) is 13.7. The Morgan fingerprint density at radius 2 is 1.92 bits per heavy atom. The van der Waals surface area contributed by atoms with E-state index < -0.39 is 18.6 Å². The molecule has 1 atom stereocenters. The van der Waals surface area contributed by atoms with Gasteiger partial charge in [0.1, 0.15) is 12.4 Å². The van der Waals surface area contributed by atoms with Crippen LogP contribution in [0, 0.1) is 0 Å². The lowest BCUT2D eigenvalue weighted by Gasteiger charge is -2.30. The molecule has 0 bridgehead atoms. The predicted molar refractivity (Wildman–Crippen MR) is 84.0 cm³/mol. The minimum Gasteiger partial charge on any atom is -0.488 e. The Hall–Kier alpha value is -1.96. The zero-order chi connectivity index (χ0) is 17.3. The molecular formula is C16H12BrF4NO2. The molecule has 0 saturated carbocycles. The van der Waals surface area contributed by atoms with E-state index in [1.165, 1.54) is 18.2 Å². The standard InChI is InChI=1S/C16H12BrF4NO2/c17-10-5-3-6-11-14(10)23-8-12(22-11)9-4-1-2-7-13(9)24-16(20,21)15(18)19/h1-7,12,15,22H,8H2. The summed E-state index contributed by atoms with van der Waals surface area (Å²) in [6.45, 7) is 0.135. The zero-order valence-electron chi connectivity index (χ0n) is 12.1. The SMILES string of the molecule is FC(F)C(F)(F)Oc1ccccc1C1COc2c(Br)cccc2N1. The van der Waals surface area contributed by atoms with Crippen LogP contribution in [-0.4, -0.2) is 19.1 Å². The number of hydrogen-bond donors (Lipinski definition) is 1. The van der Waals surface area contributed by atoms with E-state index in [0.717, 1.165) is 4.47 Å². The molecule has 0 amide bonds. The Kier molecular flexibility index (Phi) is 4.58. The summed E-state index contributed by atoms with van der Waals surface area (Å²) in [6.07, 6.45) is -8.48. The van der Waals surface area contributed by atoms with E-state index in [0.29, 0.717) is 17.0 Å². The number of hydrogen-bond acceptors (Lipinski definition) is 3. The van der Waals surface area contributed by atoms with Crippen LogP contribution in [0.5, 0.6) is 11.5 Å². The van der Waals surface area contributed by atoms with Crippen LogP contribution in [0.25, 0.3) is 0 Å².